The highest BCUT2D eigenvalue weighted by Gasteiger charge is 2.35. The third-order valence-corrected chi connectivity index (χ3v) is 3.63. The summed E-state index contributed by atoms with van der Waals surface area (Å²) in [5.41, 5.74) is 5.16. The second-order valence-corrected chi connectivity index (χ2v) is 5.15. The number of likely N-dealkylation sites (tertiary alicyclic amines) is 1. The summed E-state index contributed by atoms with van der Waals surface area (Å²) >= 11 is 0. The van der Waals surface area contributed by atoms with Gasteiger partial charge in [0.2, 0.25) is 0 Å². The molecule has 6 heteroatoms. The first kappa shape index (κ1) is 15.7. The van der Waals surface area contributed by atoms with Crippen LogP contribution < -0.4 is 11.1 Å². The smallest absolute Gasteiger partial charge is 0.329 e. The molecule has 1 unspecified atom stereocenters. The highest BCUT2D eigenvalue weighted by Crippen LogP contribution is 2.23. The Kier molecular flexibility index (Phi) is 5.88. The highest BCUT2D eigenvalue weighted by atomic mass is 19.4. The van der Waals surface area contributed by atoms with Gasteiger partial charge in [-0.1, -0.05) is 6.92 Å². The summed E-state index contributed by atoms with van der Waals surface area (Å²) in [6.45, 7) is 4.24. The normalized spacial score (nSPS) is 27.2. The lowest BCUT2D eigenvalue weighted by molar-refractivity contribution is -0.129. The molecule has 3 nitrogen and oxygen atoms in total. The Bertz CT molecular complexity index is 245. The van der Waals surface area contributed by atoms with E-state index in [-0.39, 0.29) is 6.54 Å². The van der Waals surface area contributed by atoms with Gasteiger partial charge >= 0.3 is 6.18 Å². The van der Waals surface area contributed by atoms with Crippen molar-refractivity contribution in [2.45, 2.75) is 44.3 Å². The molecule has 0 spiro atoms. The van der Waals surface area contributed by atoms with Crippen molar-refractivity contribution in [2.75, 3.05) is 32.7 Å². The second kappa shape index (κ2) is 6.73. The van der Waals surface area contributed by atoms with Gasteiger partial charge in [-0.05, 0) is 45.3 Å². The van der Waals surface area contributed by atoms with E-state index in [1.807, 2.05) is 0 Å². The van der Waals surface area contributed by atoms with Crippen molar-refractivity contribution >= 4 is 0 Å². The summed E-state index contributed by atoms with van der Waals surface area (Å²) in [5.74, 6) is 0. The van der Waals surface area contributed by atoms with E-state index in [0.717, 1.165) is 38.9 Å². The summed E-state index contributed by atoms with van der Waals surface area (Å²) in [4.78, 5) is 2.31. The van der Waals surface area contributed by atoms with E-state index in [9.17, 15) is 13.2 Å². The van der Waals surface area contributed by atoms with Crippen LogP contribution in [0, 0.1) is 0 Å². The van der Waals surface area contributed by atoms with Crippen LogP contribution in [0.1, 0.15) is 32.6 Å². The fourth-order valence-corrected chi connectivity index (χ4v) is 2.53. The van der Waals surface area contributed by atoms with Crippen LogP contribution in [0.4, 0.5) is 13.2 Å². The molecule has 0 bridgehead atoms. The first-order chi connectivity index (χ1) is 8.41. The molecule has 0 aromatic rings. The van der Waals surface area contributed by atoms with E-state index >= 15 is 0 Å². The van der Waals surface area contributed by atoms with E-state index in [1.165, 1.54) is 0 Å². The SMILES string of the molecule is CCCN1CCCC(CN)(NCC(F)(F)F)CC1. The van der Waals surface area contributed by atoms with Crippen LogP contribution in [0.5, 0.6) is 0 Å². The molecule has 1 fully saturated rings. The van der Waals surface area contributed by atoms with Gasteiger partial charge < -0.3 is 16.0 Å². The van der Waals surface area contributed by atoms with Crippen LogP contribution in [-0.4, -0.2) is 49.3 Å². The predicted octanol–water partition coefficient (Wildman–Crippen LogP) is 1.73. The molecule has 18 heavy (non-hydrogen) atoms. The van der Waals surface area contributed by atoms with E-state index < -0.39 is 18.3 Å². The molecule has 0 aromatic heterocycles. The molecule has 0 saturated carbocycles. The van der Waals surface area contributed by atoms with E-state index in [2.05, 4.69) is 17.1 Å². The largest absolute Gasteiger partial charge is 0.401 e. The van der Waals surface area contributed by atoms with Crippen molar-refractivity contribution < 1.29 is 13.2 Å². The zero-order valence-corrected chi connectivity index (χ0v) is 11.0. The number of rotatable bonds is 5. The third kappa shape index (κ3) is 5.12. The molecule has 3 N–H and O–H groups in total. The Hall–Kier alpha value is -0.330. The minimum atomic E-state index is -4.17. The Balaban J connectivity index is 2.53. The molecular weight excluding hydrogens is 243 g/mol. The molecule has 0 radical (unpaired) electrons. The maximum Gasteiger partial charge on any atom is 0.401 e. The summed E-state index contributed by atoms with van der Waals surface area (Å²) in [7, 11) is 0. The van der Waals surface area contributed by atoms with Gasteiger partial charge in [-0.25, -0.2) is 0 Å². The summed E-state index contributed by atoms with van der Waals surface area (Å²) in [5, 5.41) is 2.65. The predicted molar refractivity (Wildman–Crippen MR) is 66.4 cm³/mol. The number of nitrogens with one attached hydrogen (secondary N) is 1. The maximum absolute atomic E-state index is 12.3. The first-order valence-electron chi connectivity index (χ1n) is 6.65. The Morgan fingerprint density at radius 2 is 2.00 bits per heavy atom. The van der Waals surface area contributed by atoms with Crippen LogP contribution in [0.3, 0.4) is 0 Å². The van der Waals surface area contributed by atoms with Gasteiger partial charge in [-0.15, -0.1) is 0 Å². The molecule has 108 valence electrons. The average molecular weight is 267 g/mol. The van der Waals surface area contributed by atoms with Crippen molar-refractivity contribution in [1.29, 1.82) is 0 Å². The van der Waals surface area contributed by atoms with Crippen LogP contribution in [0.2, 0.25) is 0 Å². The fourth-order valence-electron chi connectivity index (χ4n) is 2.53. The van der Waals surface area contributed by atoms with E-state index in [0.29, 0.717) is 6.42 Å². The number of nitrogens with zero attached hydrogens (tertiary/aromatic N) is 1. The van der Waals surface area contributed by atoms with Crippen LogP contribution in [0.25, 0.3) is 0 Å². The Morgan fingerprint density at radius 1 is 1.28 bits per heavy atom. The zero-order valence-electron chi connectivity index (χ0n) is 11.0. The molecule has 0 aliphatic carbocycles. The molecule has 0 amide bonds. The molecule has 1 saturated heterocycles. The molecule has 1 atom stereocenters. The van der Waals surface area contributed by atoms with Gasteiger partial charge in [-0.2, -0.15) is 13.2 Å². The van der Waals surface area contributed by atoms with Gasteiger partial charge in [0.05, 0.1) is 6.54 Å². The van der Waals surface area contributed by atoms with Crippen molar-refractivity contribution in [3.05, 3.63) is 0 Å². The molecule has 1 aliphatic rings. The van der Waals surface area contributed by atoms with Crippen molar-refractivity contribution in [3.8, 4) is 0 Å². The molecule has 0 aromatic carbocycles. The number of hydrogen-bond acceptors (Lipinski definition) is 3. The van der Waals surface area contributed by atoms with Gasteiger partial charge in [0.1, 0.15) is 0 Å². The number of alkyl halides is 3. The molecular formula is C12H24F3N3. The number of halogens is 3. The fraction of sp³-hybridized carbons (Fsp3) is 1.00. The van der Waals surface area contributed by atoms with Crippen molar-refractivity contribution in [3.63, 3.8) is 0 Å². The quantitative estimate of drug-likeness (QED) is 0.797. The number of nitrogens with two attached hydrogens (primary N) is 1. The topological polar surface area (TPSA) is 41.3 Å². The summed E-state index contributed by atoms with van der Waals surface area (Å²) < 4.78 is 36.9. The average Bonchev–Trinajstić information content (AvgIpc) is 2.50. The maximum atomic E-state index is 12.3. The summed E-state index contributed by atoms with van der Waals surface area (Å²) in [6.07, 6.45) is -0.773. The van der Waals surface area contributed by atoms with Crippen molar-refractivity contribution in [1.82, 2.24) is 10.2 Å². The summed E-state index contributed by atoms with van der Waals surface area (Å²) in [6, 6.07) is 0. The third-order valence-electron chi connectivity index (χ3n) is 3.63. The lowest BCUT2D eigenvalue weighted by Crippen LogP contribution is -2.54. The lowest BCUT2D eigenvalue weighted by Gasteiger charge is -2.33. The van der Waals surface area contributed by atoms with Crippen molar-refractivity contribution in [2.24, 2.45) is 5.73 Å². The monoisotopic (exact) mass is 267 g/mol. The highest BCUT2D eigenvalue weighted by molar-refractivity contribution is 4.92. The van der Waals surface area contributed by atoms with Crippen LogP contribution in [-0.2, 0) is 0 Å². The number of hydrogen-bond donors (Lipinski definition) is 2. The van der Waals surface area contributed by atoms with Gasteiger partial charge in [0.25, 0.3) is 0 Å². The minimum absolute atomic E-state index is 0.267. The Labute approximate surface area is 107 Å². The molecule has 1 aliphatic heterocycles. The van der Waals surface area contributed by atoms with E-state index in [4.69, 9.17) is 5.73 Å². The van der Waals surface area contributed by atoms with Crippen LogP contribution in [0.15, 0.2) is 0 Å². The molecule has 1 heterocycles. The second-order valence-electron chi connectivity index (χ2n) is 5.15. The first-order valence-corrected chi connectivity index (χ1v) is 6.65. The van der Waals surface area contributed by atoms with Gasteiger partial charge in [-0.3, -0.25) is 0 Å². The zero-order chi connectivity index (χ0) is 13.6. The lowest BCUT2D eigenvalue weighted by atomic mass is 9.90. The Morgan fingerprint density at radius 3 is 2.56 bits per heavy atom. The minimum Gasteiger partial charge on any atom is -0.329 e. The standard InChI is InChI=1S/C12H24F3N3/c1-2-6-18-7-3-4-11(9-16,5-8-18)17-10-12(13,14)15/h17H,2-10,16H2,1H3. The van der Waals surface area contributed by atoms with E-state index in [1.54, 1.807) is 0 Å². The molecule has 1 rings (SSSR count). The van der Waals surface area contributed by atoms with Crippen LogP contribution >= 0.6 is 0 Å². The van der Waals surface area contributed by atoms with Gasteiger partial charge in [0.15, 0.2) is 0 Å². The van der Waals surface area contributed by atoms with Gasteiger partial charge in [0, 0.05) is 12.1 Å².